The van der Waals surface area contributed by atoms with Gasteiger partial charge in [0.25, 0.3) is 0 Å². The van der Waals surface area contributed by atoms with Gasteiger partial charge in [0.15, 0.2) is 0 Å². The smallest absolute Gasteiger partial charge is 0.416 e. The molecule has 3 rings (SSSR count). The summed E-state index contributed by atoms with van der Waals surface area (Å²) in [7, 11) is 0. The number of aliphatic hydroxyl groups is 1. The Morgan fingerprint density at radius 1 is 1.10 bits per heavy atom. The molecule has 2 nitrogen and oxygen atoms in total. The summed E-state index contributed by atoms with van der Waals surface area (Å²) in [6.45, 7) is 4.94. The van der Waals surface area contributed by atoms with Gasteiger partial charge in [0, 0.05) is 19.0 Å². The van der Waals surface area contributed by atoms with Crippen LogP contribution in [0.25, 0.3) is 0 Å². The molecule has 0 unspecified atom stereocenters. The van der Waals surface area contributed by atoms with E-state index in [-0.39, 0.29) is 17.7 Å². The lowest BCUT2D eigenvalue weighted by Crippen LogP contribution is -2.36. The lowest BCUT2D eigenvalue weighted by atomic mass is 9.84. The maximum Gasteiger partial charge on any atom is 0.416 e. The number of allylic oxidation sites excluding steroid dienone is 1. The van der Waals surface area contributed by atoms with Crippen LogP contribution in [0.5, 0.6) is 0 Å². The van der Waals surface area contributed by atoms with Crippen molar-refractivity contribution in [1.29, 1.82) is 0 Å². The molecule has 0 saturated carbocycles. The van der Waals surface area contributed by atoms with Crippen LogP contribution in [0.15, 0.2) is 54.8 Å². The van der Waals surface area contributed by atoms with Crippen LogP contribution in [-0.2, 0) is 12.7 Å². The first-order valence-corrected chi connectivity index (χ1v) is 10.1. The summed E-state index contributed by atoms with van der Waals surface area (Å²) in [5.74, 6) is 0.365. The fourth-order valence-electron chi connectivity index (χ4n) is 3.91. The van der Waals surface area contributed by atoms with Crippen molar-refractivity contribution in [3.05, 3.63) is 81.5 Å². The number of nitrogens with zero attached hydrogens (tertiary/aromatic N) is 1. The van der Waals surface area contributed by atoms with E-state index in [9.17, 15) is 18.3 Å². The molecule has 156 valence electrons. The minimum Gasteiger partial charge on any atom is -0.513 e. The predicted molar refractivity (Wildman–Crippen MR) is 110 cm³/mol. The van der Waals surface area contributed by atoms with Crippen LogP contribution < -0.4 is 0 Å². The first-order valence-electron chi connectivity index (χ1n) is 9.35. The van der Waals surface area contributed by atoms with E-state index in [1.165, 1.54) is 0 Å². The Kier molecular flexibility index (Phi) is 6.82. The van der Waals surface area contributed by atoms with Gasteiger partial charge in [-0.1, -0.05) is 48.0 Å². The van der Waals surface area contributed by atoms with Crippen LogP contribution in [-0.4, -0.2) is 16.6 Å². The standard InChI is InChI=1S/C22H22Cl2F3NO/c1-14(29)10-15-8-9-28(13-16-2-7-19(23)20(24)11-16)21(12-15)17-3-5-18(6-4-17)22(25,26)27/h2-7,11,15,21,29H,1,8-10,12-13H2/t15-,21-/m1/s1. The second-order valence-corrected chi connectivity index (χ2v) is 8.33. The first kappa shape index (κ1) is 22.0. The molecule has 1 aliphatic heterocycles. The van der Waals surface area contributed by atoms with Gasteiger partial charge in [-0.25, -0.2) is 0 Å². The zero-order valence-corrected chi connectivity index (χ0v) is 17.2. The normalized spacial score (nSPS) is 20.6. The van der Waals surface area contributed by atoms with Gasteiger partial charge >= 0.3 is 6.18 Å². The molecule has 2 atom stereocenters. The lowest BCUT2D eigenvalue weighted by molar-refractivity contribution is -0.137. The van der Waals surface area contributed by atoms with Crippen molar-refractivity contribution in [2.75, 3.05) is 6.54 Å². The Morgan fingerprint density at radius 3 is 2.38 bits per heavy atom. The maximum absolute atomic E-state index is 12.9. The molecule has 1 heterocycles. The van der Waals surface area contributed by atoms with Gasteiger partial charge in [0.05, 0.1) is 21.4 Å². The van der Waals surface area contributed by atoms with Crippen LogP contribution in [0, 0.1) is 5.92 Å². The number of aliphatic hydroxyl groups excluding tert-OH is 1. The summed E-state index contributed by atoms with van der Waals surface area (Å²) in [5.41, 5.74) is 1.15. The molecule has 0 aromatic heterocycles. The van der Waals surface area contributed by atoms with Gasteiger partial charge in [-0.2, -0.15) is 13.2 Å². The summed E-state index contributed by atoms with van der Waals surface area (Å²) in [4.78, 5) is 2.23. The minimum atomic E-state index is -4.36. The topological polar surface area (TPSA) is 23.5 Å². The Morgan fingerprint density at radius 2 is 1.79 bits per heavy atom. The highest BCUT2D eigenvalue weighted by Gasteiger charge is 2.33. The number of alkyl halides is 3. The molecule has 2 aromatic carbocycles. The molecule has 7 heteroatoms. The van der Waals surface area contributed by atoms with Crippen molar-refractivity contribution in [3.63, 3.8) is 0 Å². The van der Waals surface area contributed by atoms with E-state index in [1.807, 2.05) is 12.1 Å². The van der Waals surface area contributed by atoms with Gasteiger partial charge in [0.2, 0.25) is 0 Å². The van der Waals surface area contributed by atoms with Crippen LogP contribution in [0.1, 0.15) is 42.0 Å². The van der Waals surface area contributed by atoms with Gasteiger partial charge in [-0.05, 0) is 60.7 Å². The monoisotopic (exact) mass is 443 g/mol. The third-order valence-corrected chi connectivity index (χ3v) is 6.08. The molecule has 0 bridgehead atoms. The third kappa shape index (κ3) is 5.68. The molecule has 1 saturated heterocycles. The molecule has 0 amide bonds. The van der Waals surface area contributed by atoms with Crippen LogP contribution in [0.3, 0.4) is 0 Å². The molecule has 0 spiro atoms. The highest BCUT2D eigenvalue weighted by molar-refractivity contribution is 6.42. The summed E-state index contributed by atoms with van der Waals surface area (Å²) in [5, 5.41) is 10.5. The van der Waals surface area contributed by atoms with E-state index in [1.54, 1.807) is 18.2 Å². The van der Waals surface area contributed by atoms with Crippen molar-refractivity contribution in [2.24, 2.45) is 5.92 Å². The molecular formula is C22H22Cl2F3NO. The van der Waals surface area contributed by atoms with Crippen molar-refractivity contribution in [2.45, 2.75) is 38.0 Å². The van der Waals surface area contributed by atoms with E-state index < -0.39 is 11.7 Å². The SMILES string of the molecule is C=C(O)C[C@H]1CCN(Cc2ccc(Cl)c(Cl)c2)[C@@H](c2ccc(C(F)(F)F)cc2)C1. The molecule has 0 radical (unpaired) electrons. The van der Waals surface area contributed by atoms with Crippen LogP contribution in [0.2, 0.25) is 10.0 Å². The predicted octanol–water partition coefficient (Wildman–Crippen LogP) is 7.43. The van der Waals surface area contributed by atoms with E-state index >= 15 is 0 Å². The number of hydrogen-bond acceptors (Lipinski definition) is 2. The Labute approximate surface area is 178 Å². The van der Waals surface area contributed by atoms with E-state index in [2.05, 4.69) is 11.5 Å². The average molecular weight is 444 g/mol. The molecule has 1 N–H and O–H groups in total. The second-order valence-electron chi connectivity index (χ2n) is 7.52. The minimum absolute atomic E-state index is 0.0650. The Bertz CT molecular complexity index is 867. The Hall–Kier alpha value is -1.69. The highest BCUT2D eigenvalue weighted by atomic mass is 35.5. The zero-order valence-electron chi connectivity index (χ0n) is 15.7. The summed E-state index contributed by atoms with van der Waals surface area (Å²) >= 11 is 12.1. The van der Waals surface area contributed by atoms with Gasteiger partial charge < -0.3 is 5.11 Å². The number of likely N-dealkylation sites (tertiary alicyclic amines) is 1. The number of benzene rings is 2. The van der Waals surface area contributed by atoms with E-state index in [4.69, 9.17) is 23.2 Å². The molecule has 1 fully saturated rings. The number of halogens is 5. The molecular weight excluding hydrogens is 422 g/mol. The lowest BCUT2D eigenvalue weighted by Gasteiger charge is -2.40. The van der Waals surface area contributed by atoms with Gasteiger partial charge in [-0.3, -0.25) is 4.90 Å². The fraction of sp³-hybridized carbons (Fsp3) is 0.364. The summed E-state index contributed by atoms with van der Waals surface area (Å²) in [6, 6.07) is 10.7. The average Bonchev–Trinajstić information content (AvgIpc) is 2.65. The highest BCUT2D eigenvalue weighted by Crippen LogP contribution is 2.39. The largest absolute Gasteiger partial charge is 0.513 e. The Balaban J connectivity index is 1.85. The quantitative estimate of drug-likeness (QED) is 0.485. The van der Waals surface area contributed by atoms with Gasteiger partial charge in [0.1, 0.15) is 0 Å². The first-order chi connectivity index (χ1) is 13.6. The molecule has 0 aliphatic carbocycles. The number of hydrogen-bond donors (Lipinski definition) is 1. The van der Waals surface area contributed by atoms with E-state index in [0.29, 0.717) is 23.0 Å². The summed E-state index contributed by atoms with van der Waals surface area (Å²) < 4.78 is 38.8. The fourth-order valence-corrected chi connectivity index (χ4v) is 4.23. The van der Waals surface area contributed by atoms with Crippen molar-refractivity contribution in [1.82, 2.24) is 4.90 Å². The molecule has 29 heavy (non-hydrogen) atoms. The van der Waals surface area contributed by atoms with Gasteiger partial charge in [-0.15, -0.1) is 0 Å². The number of piperidine rings is 1. The van der Waals surface area contributed by atoms with E-state index in [0.717, 1.165) is 42.6 Å². The van der Waals surface area contributed by atoms with Crippen molar-refractivity contribution < 1.29 is 18.3 Å². The second kappa shape index (κ2) is 8.99. The zero-order chi connectivity index (χ0) is 21.2. The third-order valence-electron chi connectivity index (χ3n) is 5.34. The summed E-state index contributed by atoms with van der Waals surface area (Å²) in [6.07, 6.45) is -2.26. The molecule has 1 aliphatic rings. The molecule has 2 aromatic rings. The van der Waals surface area contributed by atoms with Crippen LogP contribution in [0.4, 0.5) is 13.2 Å². The maximum atomic E-state index is 12.9. The van der Waals surface area contributed by atoms with Crippen molar-refractivity contribution in [3.8, 4) is 0 Å². The number of rotatable bonds is 5. The van der Waals surface area contributed by atoms with Crippen molar-refractivity contribution >= 4 is 23.2 Å². The van der Waals surface area contributed by atoms with Crippen LogP contribution >= 0.6 is 23.2 Å².